The first-order valence-electron chi connectivity index (χ1n) is 17.8. The van der Waals surface area contributed by atoms with Gasteiger partial charge in [-0.1, -0.05) is 115 Å². The molecule has 266 valence electrons. The van der Waals surface area contributed by atoms with E-state index in [0.717, 1.165) is 28.0 Å². The Morgan fingerprint density at radius 2 is 1.41 bits per heavy atom. The fraction of sp³-hybridized carbons (Fsp3) is 0.326. The molecule has 5 rings (SSSR count). The molecule has 0 fully saturated rings. The summed E-state index contributed by atoms with van der Waals surface area (Å²) >= 11 is 0. The molecule has 1 heterocycles. The van der Waals surface area contributed by atoms with E-state index in [1.165, 1.54) is 0 Å². The van der Waals surface area contributed by atoms with Gasteiger partial charge in [-0.2, -0.15) is 0 Å². The largest absolute Gasteiger partial charge is 0.489 e. The van der Waals surface area contributed by atoms with Gasteiger partial charge < -0.3 is 25.2 Å². The molecular formula is C43H48N2O6. The number of amides is 2. The lowest BCUT2D eigenvalue weighted by atomic mass is 9.94. The monoisotopic (exact) mass is 688 g/mol. The molecule has 0 bridgehead atoms. The lowest BCUT2D eigenvalue weighted by Gasteiger charge is -2.24. The van der Waals surface area contributed by atoms with Crippen LogP contribution in [-0.4, -0.2) is 48.2 Å². The molecule has 0 spiro atoms. The van der Waals surface area contributed by atoms with Gasteiger partial charge in [0.1, 0.15) is 19.0 Å². The van der Waals surface area contributed by atoms with Crippen molar-refractivity contribution in [3.63, 3.8) is 0 Å². The highest BCUT2D eigenvalue weighted by atomic mass is 16.5. The Balaban J connectivity index is 1.28. The molecule has 2 amide bonds. The molecule has 8 nitrogen and oxygen atoms in total. The van der Waals surface area contributed by atoms with Crippen LogP contribution in [0.3, 0.4) is 0 Å². The molecule has 4 aromatic rings. The normalized spacial score (nSPS) is 19.0. The Hall–Kier alpha value is -5.21. The third kappa shape index (κ3) is 12.6. The Bertz CT molecular complexity index is 1680. The molecule has 0 aliphatic carbocycles. The number of carbonyl (C=O) groups excluding carboxylic acids is 3. The molecule has 0 unspecified atom stereocenters. The standard InChI is InChI=1S/C43H48N2O6/c46-29-38(26-33-15-7-2-8-16-33)44-41(47)28-36-19-11-4-12-20-37(25-32-13-5-1-6-14-32)43(49)51-31-39(45-42(36)48)27-34-21-23-40(24-22-34)50-30-35-17-9-3-10-18-35/h1-11,13-18,21-24,36-39,46H,12,19-20,25-31H2,(H,44,47)(H,45,48)/t36-,37-,38-,39+/m1/s1. The van der Waals surface area contributed by atoms with E-state index < -0.39 is 18.0 Å². The van der Waals surface area contributed by atoms with E-state index in [9.17, 15) is 19.5 Å². The molecule has 0 aromatic heterocycles. The van der Waals surface area contributed by atoms with Crippen LogP contribution in [0.4, 0.5) is 0 Å². The zero-order chi connectivity index (χ0) is 35.7. The first-order valence-corrected chi connectivity index (χ1v) is 17.8. The van der Waals surface area contributed by atoms with Gasteiger partial charge in [-0.25, -0.2) is 0 Å². The van der Waals surface area contributed by atoms with Crippen LogP contribution in [0.2, 0.25) is 0 Å². The van der Waals surface area contributed by atoms with Gasteiger partial charge in [-0.3, -0.25) is 14.4 Å². The van der Waals surface area contributed by atoms with Crippen molar-refractivity contribution < 1.29 is 29.0 Å². The lowest BCUT2D eigenvalue weighted by molar-refractivity contribution is -0.150. The van der Waals surface area contributed by atoms with E-state index in [4.69, 9.17) is 9.47 Å². The van der Waals surface area contributed by atoms with Gasteiger partial charge in [0.2, 0.25) is 11.8 Å². The molecule has 1 aliphatic rings. The van der Waals surface area contributed by atoms with Crippen molar-refractivity contribution in [3.8, 4) is 5.75 Å². The quantitative estimate of drug-likeness (QED) is 0.115. The summed E-state index contributed by atoms with van der Waals surface area (Å²) in [4.78, 5) is 40.5. The number of nitrogens with one attached hydrogen (secondary N) is 2. The molecule has 4 atom stereocenters. The van der Waals surface area contributed by atoms with Gasteiger partial charge in [0, 0.05) is 6.42 Å². The summed E-state index contributed by atoms with van der Waals surface area (Å²) in [5.74, 6) is -1.15. The number of aliphatic hydroxyl groups is 1. The molecule has 0 saturated heterocycles. The maximum Gasteiger partial charge on any atom is 0.309 e. The first-order chi connectivity index (χ1) is 24.9. The average Bonchev–Trinajstić information content (AvgIpc) is 3.17. The predicted octanol–water partition coefficient (Wildman–Crippen LogP) is 6.16. The number of benzene rings is 4. The van der Waals surface area contributed by atoms with Gasteiger partial charge in [-0.15, -0.1) is 0 Å². The van der Waals surface area contributed by atoms with Crippen LogP contribution < -0.4 is 15.4 Å². The van der Waals surface area contributed by atoms with Gasteiger partial charge in [0.25, 0.3) is 0 Å². The highest BCUT2D eigenvalue weighted by Crippen LogP contribution is 2.21. The van der Waals surface area contributed by atoms with Crippen molar-refractivity contribution in [2.24, 2.45) is 11.8 Å². The second-order valence-corrected chi connectivity index (χ2v) is 13.2. The smallest absolute Gasteiger partial charge is 0.309 e. The van der Waals surface area contributed by atoms with Crippen molar-refractivity contribution in [2.45, 2.75) is 63.6 Å². The molecule has 51 heavy (non-hydrogen) atoms. The summed E-state index contributed by atoms with van der Waals surface area (Å²) in [6, 6.07) is 36.2. The van der Waals surface area contributed by atoms with Crippen molar-refractivity contribution >= 4 is 17.8 Å². The molecule has 3 N–H and O–H groups in total. The Morgan fingerprint density at radius 3 is 2.08 bits per heavy atom. The lowest BCUT2D eigenvalue weighted by Crippen LogP contribution is -2.45. The maximum atomic E-state index is 13.8. The van der Waals surface area contributed by atoms with E-state index >= 15 is 0 Å². The van der Waals surface area contributed by atoms with Crippen LogP contribution in [0.1, 0.15) is 47.9 Å². The number of carbonyl (C=O) groups is 3. The van der Waals surface area contributed by atoms with Crippen LogP contribution in [0.5, 0.6) is 5.75 Å². The molecule has 0 saturated carbocycles. The number of ether oxygens (including phenoxy) is 2. The van der Waals surface area contributed by atoms with Gasteiger partial charge in [0.05, 0.1) is 30.5 Å². The molecule has 0 radical (unpaired) electrons. The minimum Gasteiger partial charge on any atom is -0.489 e. The topological polar surface area (TPSA) is 114 Å². The van der Waals surface area contributed by atoms with E-state index in [0.29, 0.717) is 45.1 Å². The fourth-order valence-corrected chi connectivity index (χ4v) is 6.25. The SMILES string of the molecule is O=C(C[C@H]1CC=CCC[C@H](Cc2ccccc2)C(=O)OC[C@H](Cc2ccc(OCc3ccccc3)cc2)NC1=O)N[C@@H](CO)Cc1ccccc1. The van der Waals surface area contributed by atoms with E-state index in [1.54, 1.807) is 0 Å². The van der Waals surface area contributed by atoms with Crippen LogP contribution in [0, 0.1) is 11.8 Å². The number of rotatable bonds is 13. The average molecular weight is 689 g/mol. The minimum atomic E-state index is -0.648. The van der Waals surface area contributed by atoms with Crippen LogP contribution in [0.15, 0.2) is 127 Å². The van der Waals surface area contributed by atoms with Crippen molar-refractivity contribution in [1.82, 2.24) is 10.6 Å². The number of cyclic esters (lactones) is 1. The number of hydrogen-bond donors (Lipinski definition) is 3. The third-order valence-electron chi connectivity index (χ3n) is 9.07. The summed E-state index contributed by atoms with van der Waals surface area (Å²) in [5, 5.41) is 16.0. The zero-order valence-corrected chi connectivity index (χ0v) is 29.0. The third-order valence-corrected chi connectivity index (χ3v) is 9.07. The molecule has 8 heteroatoms. The zero-order valence-electron chi connectivity index (χ0n) is 29.0. The van der Waals surface area contributed by atoms with Crippen LogP contribution in [0.25, 0.3) is 0 Å². The summed E-state index contributed by atoms with van der Waals surface area (Å²) in [6.07, 6.45) is 6.92. The number of hydrogen-bond acceptors (Lipinski definition) is 6. The van der Waals surface area contributed by atoms with Gasteiger partial charge in [-0.05, 0) is 72.9 Å². The summed E-state index contributed by atoms with van der Waals surface area (Å²) in [7, 11) is 0. The predicted molar refractivity (Wildman–Crippen MR) is 198 cm³/mol. The first kappa shape index (κ1) is 37.1. The fourth-order valence-electron chi connectivity index (χ4n) is 6.25. The van der Waals surface area contributed by atoms with Gasteiger partial charge in [0.15, 0.2) is 0 Å². The Morgan fingerprint density at radius 1 is 0.784 bits per heavy atom. The second-order valence-electron chi connectivity index (χ2n) is 13.2. The van der Waals surface area contributed by atoms with Crippen molar-refractivity contribution in [2.75, 3.05) is 13.2 Å². The number of aliphatic hydroxyl groups excluding tert-OH is 1. The van der Waals surface area contributed by atoms with E-state index in [1.807, 2.05) is 127 Å². The van der Waals surface area contributed by atoms with Crippen molar-refractivity contribution in [1.29, 1.82) is 0 Å². The minimum absolute atomic E-state index is 0.00186. The molecule has 1 aliphatic heterocycles. The Labute approximate surface area is 300 Å². The van der Waals surface area contributed by atoms with Crippen LogP contribution in [-0.2, 0) is 45.0 Å². The van der Waals surface area contributed by atoms with Crippen LogP contribution >= 0.6 is 0 Å². The van der Waals surface area contributed by atoms with E-state index in [-0.39, 0.29) is 43.3 Å². The Kier molecular flexibility index (Phi) is 14.4. The second kappa shape index (κ2) is 19.8. The van der Waals surface area contributed by atoms with E-state index in [2.05, 4.69) is 10.6 Å². The molecular weight excluding hydrogens is 640 g/mol. The summed E-state index contributed by atoms with van der Waals surface area (Å²) in [6.45, 7) is 0.233. The highest BCUT2D eigenvalue weighted by molar-refractivity contribution is 5.86. The summed E-state index contributed by atoms with van der Waals surface area (Å²) in [5.41, 5.74) is 4.07. The maximum absolute atomic E-state index is 13.8. The number of allylic oxidation sites excluding steroid dienone is 2. The molecule has 4 aromatic carbocycles. The number of esters is 1. The van der Waals surface area contributed by atoms with Crippen molar-refractivity contribution in [3.05, 3.63) is 150 Å². The summed E-state index contributed by atoms with van der Waals surface area (Å²) < 4.78 is 11.9. The highest BCUT2D eigenvalue weighted by Gasteiger charge is 2.27. The van der Waals surface area contributed by atoms with Gasteiger partial charge >= 0.3 is 5.97 Å².